The Hall–Kier alpha value is -1.36. The molecule has 2 rings (SSSR count). The fraction of sp³-hybridized carbons (Fsp3) is 0.333. The summed E-state index contributed by atoms with van der Waals surface area (Å²) >= 11 is 3.39. The van der Waals surface area contributed by atoms with E-state index in [0.29, 0.717) is 0 Å². The Kier molecular flexibility index (Phi) is 3.78. The molecule has 1 N–H and O–H groups in total. The van der Waals surface area contributed by atoms with Gasteiger partial charge in [-0.15, -0.1) is 0 Å². The Balaban J connectivity index is 1.99. The minimum Gasteiger partial charge on any atom is -0.380 e. The molecule has 0 aliphatic heterocycles. The summed E-state index contributed by atoms with van der Waals surface area (Å²) < 4.78 is 2.81. The van der Waals surface area contributed by atoms with E-state index in [2.05, 4.69) is 44.3 Å². The van der Waals surface area contributed by atoms with Gasteiger partial charge in [-0.2, -0.15) is 5.10 Å². The third kappa shape index (κ3) is 3.06. The molecule has 4 nitrogen and oxygen atoms in total. The molecule has 2 aromatic rings. The zero-order valence-electron chi connectivity index (χ0n) is 9.94. The lowest BCUT2D eigenvalue weighted by molar-refractivity contribution is 0.659. The van der Waals surface area contributed by atoms with Crippen molar-refractivity contribution in [3.63, 3.8) is 0 Å². The minimum atomic E-state index is 0.767. The van der Waals surface area contributed by atoms with Crippen LogP contribution in [0.2, 0.25) is 0 Å². The number of nitrogens with zero attached hydrogens (tertiary/aromatic N) is 3. The Bertz CT molecular complexity index is 507. The lowest BCUT2D eigenvalue weighted by Crippen LogP contribution is -1.99. The second kappa shape index (κ2) is 5.31. The van der Waals surface area contributed by atoms with E-state index >= 15 is 0 Å². The molecular formula is C12H15BrN4. The Morgan fingerprint density at radius 2 is 2.24 bits per heavy atom. The minimum absolute atomic E-state index is 0.767. The maximum absolute atomic E-state index is 4.25. The zero-order chi connectivity index (χ0) is 12.3. The van der Waals surface area contributed by atoms with Crippen LogP contribution in [0.3, 0.4) is 0 Å². The van der Waals surface area contributed by atoms with Crippen molar-refractivity contribution in [2.24, 2.45) is 0 Å². The highest BCUT2D eigenvalue weighted by Crippen LogP contribution is 2.17. The van der Waals surface area contributed by atoms with Crippen LogP contribution >= 0.6 is 15.9 Å². The highest BCUT2D eigenvalue weighted by Gasteiger charge is 2.00. The van der Waals surface area contributed by atoms with Crippen LogP contribution in [0.1, 0.15) is 18.1 Å². The lowest BCUT2D eigenvalue weighted by atomic mass is 10.3. The van der Waals surface area contributed by atoms with Gasteiger partial charge in [-0.05, 0) is 41.4 Å². The van der Waals surface area contributed by atoms with Gasteiger partial charge in [-0.1, -0.05) is 0 Å². The van der Waals surface area contributed by atoms with Crippen LogP contribution in [0.5, 0.6) is 0 Å². The van der Waals surface area contributed by atoms with Crippen molar-refractivity contribution in [1.29, 1.82) is 0 Å². The molecular weight excluding hydrogens is 280 g/mol. The van der Waals surface area contributed by atoms with E-state index in [1.807, 2.05) is 30.2 Å². The number of aromatic nitrogens is 3. The van der Waals surface area contributed by atoms with Gasteiger partial charge >= 0.3 is 0 Å². The van der Waals surface area contributed by atoms with Crippen molar-refractivity contribution in [3.8, 4) is 0 Å². The summed E-state index contributed by atoms with van der Waals surface area (Å²) in [5.74, 6) is 0. The summed E-state index contributed by atoms with van der Waals surface area (Å²) in [5, 5.41) is 7.56. The molecule has 0 saturated heterocycles. The van der Waals surface area contributed by atoms with Crippen LogP contribution in [0, 0.1) is 6.92 Å². The van der Waals surface area contributed by atoms with Crippen LogP contribution in [0.4, 0.5) is 5.69 Å². The molecule has 17 heavy (non-hydrogen) atoms. The first-order valence-electron chi connectivity index (χ1n) is 5.56. The molecule has 0 saturated carbocycles. The van der Waals surface area contributed by atoms with Gasteiger partial charge in [0.1, 0.15) is 4.60 Å². The molecule has 0 aliphatic rings. The van der Waals surface area contributed by atoms with E-state index in [-0.39, 0.29) is 0 Å². The molecule has 0 radical (unpaired) electrons. The summed E-state index contributed by atoms with van der Waals surface area (Å²) in [7, 11) is 0. The number of rotatable bonds is 4. The fourth-order valence-electron chi connectivity index (χ4n) is 1.53. The summed E-state index contributed by atoms with van der Waals surface area (Å²) in [4.78, 5) is 4.25. The van der Waals surface area contributed by atoms with Crippen LogP contribution in [-0.4, -0.2) is 14.8 Å². The molecule has 90 valence electrons. The molecule has 0 fully saturated rings. The highest BCUT2D eigenvalue weighted by atomic mass is 79.9. The molecule has 2 heterocycles. The number of pyridine rings is 1. The molecule has 0 amide bonds. The van der Waals surface area contributed by atoms with Gasteiger partial charge in [0.05, 0.1) is 18.1 Å². The van der Waals surface area contributed by atoms with Crippen LogP contribution in [-0.2, 0) is 13.1 Å². The van der Waals surface area contributed by atoms with Gasteiger partial charge in [0.2, 0.25) is 0 Å². The third-order valence-electron chi connectivity index (χ3n) is 2.52. The number of aryl methyl sites for hydroxylation is 2. The van der Waals surface area contributed by atoms with Crippen molar-refractivity contribution in [2.45, 2.75) is 26.9 Å². The number of hydrogen-bond donors (Lipinski definition) is 1. The molecule has 0 aliphatic carbocycles. The molecule has 0 unspecified atom stereocenters. The largest absolute Gasteiger partial charge is 0.380 e. The highest BCUT2D eigenvalue weighted by molar-refractivity contribution is 9.10. The predicted octanol–water partition coefficient (Wildman–Crippen LogP) is 2.98. The second-order valence-corrected chi connectivity index (χ2v) is 4.64. The Morgan fingerprint density at radius 3 is 2.88 bits per heavy atom. The SMILES string of the molecule is CCn1cc(CNc2cnc(Br)c(C)c2)cn1. The summed E-state index contributed by atoms with van der Waals surface area (Å²) in [6, 6.07) is 2.07. The summed E-state index contributed by atoms with van der Waals surface area (Å²) in [6.07, 6.45) is 5.75. The van der Waals surface area contributed by atoms with E-state index < -0.39 is 0 Å². The van der Waals surface area contributed by atoms with E-state index in [9.17, 15) is 0 Å². The van der Waals surface area contributed by atoms with E-state index in [1.54, 1.807) is 0 Å². The van der Waals surface area contributed by atoms with Crippen molar-refractivity contribution >= 4 is 21.6 Å². The number of hydrogen-bond acceptors (Lipinski definition) is 3. The van der Waals surface area contributed by atoms with Crippen LogP contribution < -0.4 is 5.32 Å². The standard InChI is InChI=1S/C12H15BrN4/c1-3-17-8-10(6-16-17)5-14-11-4-9(2)12(13)15-7-11/h4,6-8,14H,3,5H2,1-2H3. The van der Waals surface area contributed by atoms with Crippen molar-refractivity contribution in [3.05, 3.63) is 40.4 Å². The number of halogens is 1. The lowest BCUT2D eigenvalue weighted by Gasteiger charge is -2.06. The van der Waals surface area contributed by atoms with Gasteiger partial charge in [-0.3, -0.25) is 4.68 Å². The van der Waals surface area contributed by atoms with Gasteiger partial charge in [0.25, 0.3) is 0 Å². The maximum Gasteiger partial charge on any atom is 0.109 e. The predicted molar refractivity (Wildman–Crippen MR) is 71.9 cm³/mol. The first-order valence-corrected chi connectivity index (χ1v) is 6.35. The average molecular weight is 295 g/mol. The summed E-state index contributed by atoms with van der Waals surface area (Å²) in [5.41, 5.74) is 3.32. The normalized spacial score (nSPS) is 10.5. The van der Waals surface area contributed by atoms with E-state index in [4.69, 9.17) is 0 Å². The van der Waals surface area contributed by atoms with Gasteiger partial charge < -0.3 is 5.32 Å². The first kappa shape index (κ1) is 12.1. The Morgan fingerprint density at radius 1 is 1.41 bits per heavy atom. The van der Waals surface area contributed by atoms with Crippen LogP contribution in [0.25, 0.3) is 0 Å². The molecule has 0 atom stereocenters. The molecule has 0 aromatic carbocycles. The van der Waals surface area contributed by atoms with Crippen molar-refractivity contribution < 1.29 is 0 Å². The monoisotopic (exact) mass is 294 g/mol. The van der Waals surface area contributed by atoms with Gasteiger partial charge in [-0.25, -0.2) is 4.98 Å². The topological polar surface area (TPSA) is 42.7 Å². The maximum atomic E-state index is 4.25. The quantitative estimate of drug-likeness (QED) is 0.882. The van der Waals surface area contributed by atoms with Crippen molar-refractivity contribution in [2.75, 3.05) is 5.32 Å². The first-order chi connectivity index (χ1) is 8.19. The van der Waals surface area contributed by atoms with Gasteiger partial charge in [0.15, 0.2) is 0 Å². The zero-order valence-corrected chi connectivity index (χ0v) is 11.5. The Labute approximate surface area is 109 Å². The molecule has 0 bridgehead atoms. The smallest absolute Gasteiger partial charge is 0.109 e. The van der Waals surface area contributed by atoms with E-state index in [0.717, 1.165) is 28.9 Å². The summed E-state index contributed by atoms with van der Waals surface area (Å²) in [6.45, 7) is 5.77. The molecule has 0 spiro atoms. The third-order valence-corrected chi connectivity index (χ3v) is 3.35. The number of anilines is 1. The van der Waals surface area contributed by atoms with Crippen molar-refractivity contribution in [1.82, 2.24) is 14.8 Å². The molecule has 5 heteroatoms. The van der Waals surface area contributed by atoms with Gasteiger partial charge in [0, 0.05) is 24.8 Å². The average Bonchev–Trinajstić information content (AvgIpc) is 2.79. The van der Waals surface area contributed by atoms with E-state index in [1.165, 1.54) is 5.56 Å². The fourth-order valence-corrected chi connectivity index (χ4v) is 1.75. The second-order valence-electron chi connectivity index (χ2n) is 3.89. The van der Waals surface area contributed by atoms with Crippen LogP contribution in [0.15, 0.2) is 29.3 Å². The molecule has 2 aromatic heterocycles. The number of nitrogens with one attached hydrogen (secondary N) is 1.